The van der Waals surface area contributed by atoms with Gasteiger partial charge in [-0.15, -0.1) is 0 Å². The van der Waals surface area contributed by atoms with E-state index < -0.39 is 0 Å². The summed E-state index contributed by atoms with van der Waals surface area (Å²) in [6, 6.07) is 4.23. The van der Waals surface area contributed by atoms with Crippen molar-refractivity contribution in [2.24, 2.45) is 4.99 Å². The molecule has 0 aliphatic carbocycles. The van der Waals surface area contributed by atoms with Crippen LogP contribution in [0.25, 0.3) is 0 Å². The number of furan rings is 1. The van der Waals surface area contributed by atoms with Crippen LogP contribution >= 0.6 is 0 Å². The molecule has 1 fully saturated rings. The molecule has 2 rings (SSSR count). The monoisotopic (exact) mass is 322 g/mol. The Morgan fingerprint density at radius 3 is 2.87 bits per heavy atom. The van der Waals surface area contributed by atoms with Gasteiger partial charge >= 0.3 is 0 Å². The summed E-state index contributed by atoms with van der Waals surface area (Å²) in [6.07, 6.45) is 5.23. The van der Waals surface area contributed by atoms with E-state index in [1.807, 2.05) is 6.07 Å². The Balaban J connectivity index is 1.95. The molecule has 0 spiro atoms. The van der Waals surface area contributed by atoms with Gasteiger partial charge in [0.25, 0.3) is 0 Å². The van der Waals surface area contributed by atoms with Gasteiger partial charge in [-0.2, -0.15) is 0 Å². The van der Waals surface area contributed by atoms with Gasteiger partial charge in [0, 0.05) is 26.8 Å². The molecule has 2 N–H and O–H groups in total. The van der Waals surface area contributed by atoms with E-state index >= 15 is 0 Å². The molecule has 6 nitrogen and oxygen atoms in total. The van der Waals surface area contributed by atoms with Crippen molar-refractivity contribution in [2.45, 2.75) is 32.2 Å². The van der Waals surface area contributed by atoms with E-state index in [-0.39, 0.29) is 6.04 Å². The van der Waals surface area contributed by atoms with Crippen molar-refractivity contribution in [1.82, 2.24) is 15.5 Å². The first-order valence-electron chi connectivity index (χ1n) is 8.63. The van der Waals surface area contributed by atoms with Crippen molar-refractivity contribution in [3.8, 4) is 0 Å². The molecule has 1 aromatic rings. The van der Waals surface area contributed by atoms with Crippen molar-refractivity contribution in [2.75, 3.05) is 46.4 Å². The fraction of sp³-hybridized carbons (Fsp3) is 0.706. The number of methoxy groups -OCH3 is 1. The number of hydrogen-bond acceptors (Lipinski definition) is 4. The second-order valence-corrected chi connectivity index (χ2v) is 5.77. The van der Waals surface area contributed by atoms with Crippen LogP contribution in [0.3, 0.4) is 0 Å². The fourth-order valence-corrected chi connectivity index (χ4v) is 2.86. The summed E-state index contributed by atoms with van der Waals surface area (Å²) >= 11 is 0. The average Bonchev–Trinajstić information content (AvgIpc) is 3.25. The maximum atomic E-state index is 5.65. The van der Waals surface area contributed by atoms with Crippen molar-refractivity contribution in [3.63, 3.8) is 0 Å². The number of aliphatic imine (C=N–C) groups is 1. The van der Waals surface area contributed by atoms with Crippen LogP contribution in [0.5, 0.6) is 0 Å². The molecule has 0 radical (unpaired) electrons. The molecule has 1 unspecified atom stereocenters. The Bertz CT molecular complexity index is 441. The maximum absolute atomic E-state index is 5.65. The zero-order valence-corrected chi connectivity index (χ0v) is 14.4. The van der Waals surface area contributed by atoms with Gasteiger partial charge in [-0.25, -0.2) is 0 Å². The average molecular weight is 322 g/mol. The molecule has 0 aromatic carbocycles. The van der Waals surface area contributed by atoms with Gasteiger partial charge in [-0.05, 0) is 51.4 Å². The third kappa shape index (κ3) is 5.88. The van der Waals surface area contributed by atoms with Crippen LogP contribution in [0.2, 0.25) is 0 Å². The predicted molar refractivity (Wildman–Crippen MR) is 92.7 cm³/mol. The van der Waals surface area contributed by atoms with Crippen LogP contribution < -0.4 is 10.6 Å². The van der Waals surface area contributed by atoms with Crippen LogP contribution in [-0.4, -0.2) is 57.3 Å². The highest BCUT2D eigenvalue weighted by Gasteiger charge is 2.25. The van der Waals surface area contributed by atoms with E-state index in [4.69, 9.17) is 14.1 Å². The molecule has 130 valence electrons. The zero-order valence-electron chi connectivity index (χ0n) is 14.4. The van der Waals surface area contributed by atoms with Crippen molar-refractivity contribution < 1.29 is 9.15 Å². The second-order valence-electron chi connectivity index (χ2n) is 5.77. The largest absolute Gasteiger partial charge is 0.468 e. The third-order valence-corrected chi connectivity index (χ3v) is 4.04. The third-order valence-electron chi connectivity index (χ3n) is 4.04. The van der Waals surface area contributed by atoms with Gasteiger partial charge in [0.15, 0.2) is 5.96 Å². The normalized spacial score (nSPS) is 17.4. The molecule has 2 heterocycles. The maximum Gasteiger partial charge on any atom is 0.191 e. The lowest BCUT2D eigenvalue weighted by Gasteiger charge is -2.24. The molecular weight excluding hydrogens is 292 g/mol. The van der Waals surface area contributed by atoms with Crippen LogP contribution in [-0.2, 0) is 4.74 Å². The molecule has 1 atom stereocenters. The topological polar surface area (TPSA) is 62.0 Å². The number of likely N-dealkylation sites (tertiary alicyclic amines) is 1. The Morgan fingerprint density at radius 2 is 2.22 bits per heavy atom. The quantitative estimate of drug-likeness (QED) is 0.414. The second kappa shape index (κ2) is 10.3. The minimum absolute atomic E-state index is 0.224. The van der Waals surface area contributed by atoms with Gasteiger partial charge in [0.05, 0.1) is 18.8 Å². The van der Waals surface area contributed by atoms with Crippen molar-refractivity contribution >= 4 is 5.96 Å². The van der Waals surface area contributed by atoms with Crippen LogP contribution in [0.4, 0.5) is 0 Å². The number of ether oxygens (including phenoxy) is 1. The minimum Gasteiger partial charge on any atom is -0.468 e. The SMILES string of the molecule is CCNC(=NCC(c1ccco1)N1CCCC1)NCCCOC. The first-order valence-corrected chi connectivity index (χ1v) is 8.63. The first kappa shape index (κ1) is 17.8. The molecule has 0 amide bonds. The summed E-state index contributed by atoms with van der Waals surface area (Å²) < 4.78 is 10.7. The van der Waals surface area contributed by atoms with Gasteiger partial charge < -0.3 is 19.8 Å². The number of nitrogens with zero attached hydrogens (tertiary/aromatic N) is 2. The van der Waals surface area contributed by atoms with Crippen LogP contribution in [0, 0.1) is 0 Å². The molecular formula is C17H30N4O2. The highest BCUT2D eigenvalue weighted by atomic mass is 16.5. The number of rotatable bonds is 9. The molecule has 1 aromatic heterocycles. The summed E-state index contributed by atoms with van der Waals surface area (Å²) in [5, 5.41) is 6.66. The lowest BCUT2D eigenvalue weighted by Crippen LogP contribution is -2.39. The molecule has 0 saturated carbocycles. The number of guanidine groups is 1. The highest BCUT2D eigenvalue weighted by Crippen LogP contribution is 2.25. The Labute approximate surface area is 139 Å². The fourth-order valence-electron chi connectivity index (χ4n) is 2.86. The summed E-state index contributed by atoms with van der Waals surface area (Å²) in [5.74, 6) is 1.87. The molecule has 1 saturated heterocycles. The molecule has 1 aliphatic heterocycles. The van der Waals surface area contributed by atoms with Crippen LogP contribution in [0.1, 0.15) is 38.0 Å². The summed E-state index contributed by atoms with van der Waals surface area (Å²) in [5.41, 5.74) is 0. The van der Waals surface area contributed by atoms with E-state index in [1.54, 1.807) is 13.4 Å². The molecule has 0 bridgehead atoms. The standard InChI is InChI=1S/C17H30N4O2/c1-3-18-17(19-9-7-12-22-2)20-14-15(16-8-6-13-23-16)21-10-4-5-11-21/h6,8,13,15H,3-5,7,9-12,14H2,1-2H3,(H2,18,19,20). The summed E-state index contributed by atoms with van der Waals surface area (Å²) in [7, 11) is 1.73. The number of hydrogen-bond donors (Lipinski definition) is 2. The highest BCUT2D eigenvalue weighted by molar-refractivity contribution is 5.79. The Kier molecular flexibility index (Phi) is 7.97. The van der Waals surface area contributed by atoms with E-state index in [0.29, 0.717) is 6.54 Å². The number of nitrogens with one attached hydrogen (secondary N) is 2. The van der Waals surface area contributed by atoms with E-state index in [0.717, 1.165) is 50.9 Å². The van der Waals surface area contributed by atoms with Gasteiger partial charge in [0.2, 0.25) is 0 Å². The smallest absolute Gasteiger partial charge is 0.191 e. The lowest BCUT2D eigenvalue weighted by molar-refractivity contribution is 0.195. The summed E-state index contributed by atoms with van der Waals surface area (Å²) in [6.45, 7) is 7.50. The van der Waals surface area contributed by atoms with Crippen LogP contribution in [0.15, 0.2) is 27.8 Å². The first-order chi connectivity index (χ1) is 11.3. The molecule has 1 aliphatic rings. The predicted octanol–water partition coefficient (Wildman–Crippen LogP) is 2.01. The van der Waals surface area contributed by atoms with Crippen molar-refractivity contribution in [3.05, 3.63) is 24.2 Å². The van der Waals surface area contributed by atoms with Gasteiger partial charge in [0.1, 0.15) is 5.76 Å². The lowest BCUT2D eigenvalue weighted by atomic mass is 10.2. The Morgan fingerprint density at radius 1 is 1.39 bits per heavy atom. The molecule has 6 heteroatoms. The zero-order chi connectivity index (χ0) is 16.3. The van der Waals surface area contributed by atoms with E-state index in [2.05, 4.69) is 28.5 Å². The summed E-state index contributed by atoms with van der Waals surface area (Å²) in [4.78, 5) is 7.23. The molecule has 23 heavy (non-hydrogen) atoms. The van der Waals surface area contributed by atoms with E-state index in [1.165, 1.54) is 12.8 Å². The van der Waals surface area contributed by atoms with Gasteiger partial charge in [-0.1, -0.05) is 0 Å². The van der Waals surface area contributed by atoms with Gasteiger partial charge in [-0.3, -0.25) is 9.89 Å². The van der Waals surface area contributed by atoms with Crippen molar-refractivity contribution in [1.29, 1.82) is 0 Å². The minimum atomic E-state index is 0.224. The Hall–Kier alpha value is -1.53. The van der Waals surface area contributed by atoms with E-state index in [9.17, 15) is 0 Å².